The zero-order valence-corrected chi connectivity index (χ0v) is 9.55. The van der Waals surface area contributed by atoms with E-state index in [0.717, 1.165) is 19.3 Å². The second-order valence-corrected chi connectivity index (χ2v) is 5.90. The van der Waals surface area contributed by atoms with Crippen molar-refractivity contribution in [2.24, 2.45) is 0 Å². The van der Waals surface area contributed by atoms with Crippen LogP contribution in [0.5, 0.6) is 0 Å². The van der Waals surface area contributed by atoms with E-state index < -0.39 is 15.4 Å². The predicted molar refractivity (Wildman–Crippen MR) is 55.9 cm³/mol. The third kappa shape index (κ3) is 3.22. The molecule has 2 N–H and O–H groups in total. The minimum Gasteiger partial charge on any atom is -0.310 e. The van der Waals surface area contributed by atoms with Crippen LogP contribution in [0.3, 0.4) is 0 Å². The third-order valence-electron chi connectivity index (χ3n) is 2.63. The van der Waals surface area contributed by atoms with Crippen LogP contribution in [0.25, 0.3) is 0 Å². The second-order valence-electron chi connectivity index (χ2n) is 4.27. The largest absolute Gasteiger partial charge is 0.310 e. The summed E-state index contributed by atoms with van der Waals surface area (Å²) in [5, 5.41) is 2.59. The van der Waals surface area contributed by atoms with E-state index in [1.54, 1.807) is 0 Å². The van der Waals surface area contributed by atoms with Crippen LogP contribution >= 0.6 is 0 Å². The summed E-state index contributed by atoms with van der Waals surface area (Å²) in [6.45, 7) is 3.96. The van der Waals surface area contributed by atoms with E-state index >= 15 is 0 Å². The van der Waals surface area contributed by atoms with Crippen LogP contribution in [-0.2, 0) is 10.1 Å². The van der Waals surface area contributed by atoms with Gasteiger partial charge in [0.25, 0.3) is 10.1 Å². The molecule has 0 heterocycles. The van der Waals surface area contributed by atoms with E-state index in [-0.39, 0.29) is 12.1 Å². The molecule has 5 heteroatoms. The normalized spacial score (nSPS) is 29.4. The van der Waals surface area contributed by atoms with Crippen molar-refractivity contribution in [3.63, 3.8) is 0 Å². The predicted octanol–water partition coefficient (Wildman–Crippen LogP) is 1.18. The molecule has 0 aromatic heterocycles. The highest BCUT2D eigenvalue weighted by atomic mass is 32.2. The first kappa shape index (κ1) is 11.9. The lowest BCUT2D eigenvalue weighted by molar-refractivity contribution is 0.334. The SMILES string of the molecule is CC(C)N[C@H]1CCCC[C@@H]1S(=O)(=O)O. The summed E-state index contributed by atoms with van der Waals surface area (Å²) >= 11 is 0. The Hall–Kier alpha value is -0.130. The van der Waals surface area contributed by atoms with Crippen LogP contribution in [0, 0.1) is 0 Å². The van der Waals surface area contributed by atoms with E-state index in [1.807, 2.05) is 13.8 Å². The van der Waals surface area contributed by atoms with Crippen molar-refractivity contribution in [2.75, 3.05) is 0 Å². The maximum atomic E-state index is 11.1. The number of rotatable bonds is 3. The van der Waals surface area contributed by atoms with Crippen molar-refractivity contribution in [3.05, 3.63) is 0 Å². The highest BCUT2D eigenvalue weighted by Gasteiger charge is 2.34. The molecule has 0 unspecified atom stereocenters. The van der Waals surface area contributed by atoms with Gasteiger partial charge in [0, 0.05) is 12.1 Å². The zero-order chi connectivity index (χ0) is 10.8. The van der Waals surface area contributed by atoms with Gasteiger partial charge in [-0.15, -0.1) is 0 Å². The van der Waals surface area contributed by atoms with Crippen molar-refractivity contribution in [1.82, 2.24) is 5.32 Å². The molecule has 1 saturated carbocycles. The summed E-state index contributed by atoms with van der Waals surface area (Å²) in [4.78, 5) is 0. The summed E-state index contributed by atoms with van der Waals surface area (Å²) < 4.78 is 31.2. The maximum absolute atomic E-state index is 11.1. The molecule has 1 aliphatic rings. The average Bonchev–Trinajstić information content (AvgIpc) is 2.01. The van der Waals surface area contributed by atoms with Crippen molar-refractivity contribution in [3.8, 4) is 0 Å². The lowest BCUT2D eigenvalue weighted by Gasteiger charge is -2.31. The van der Waals surface area contributed by atoms with Crippen molar-refractivity contribution < 1.29 is 13.0 Å². The summed E-state index contributed by atoms with van der Waals surface area (Å²) in [5.74, 6) is 0. The van der Waals surface area contributed by atoms with E-state index in [4.69, 9.17) is 4.55 Å². The number of nitrogens with one attached hydrogen (secondary N) is 1. The highest BCUT2D eigenvalue weighted by Crippen LogP contribution is 2.24. The maximum Gasteiger partial charge on any atom is 0.269 e. The Morgan fingerprint density at radius 2 is 1.86 bits per heavy atom. The fraction of sp³-hybridized carbons (Fsp3) is 1.00. The highest BCUT2D eigenvalue weighted by molar-refractivity contribution is 7.86. The lowest BCUT2D eigenvalue weighted by atomic mass is 9.94. The smallest absolute Gasteiger partial charge is 0.269 e. The Labute approximate surface area is 85.8 Å². The second kappa shape index (κ2) is 4.59. The lowest BCUT2D eigenvalue weighted by Crippen LogP contribution is -2.48. The summed E-state index contributed by atoms with van der Waals surface area (Å²) in [6, 6.07) is 0.168. The number of hydrogen-bond donors (Lipinski definition) is 2. The Morgan fingerprint density at radius 3 is 2.36 bits per heavy atom. The minimum absolute atomic E-state index is 0.0845. The molecule has 0 aliphatic heterocycles. The van der Waals surface area contributed by atoms with Gasteiger partial charge in [0.05, 0.1) is 0 Å². The molecular formula is C9H19NO3S. The molecule has 0 radical (unpaired) electrons. The van der Waals surface area contributed by atoms with E-state index in [2.05, 4.69) is 5.32 Å². The van der Waals surface area contributed by atoms with Crippen LogP contribution in [0.2, 0.25) is 0 Å². The van der Waals surface area contributed by atoms with E-state index in [1.165, 1.54) is 0 Å². The molecule has 1 aliphatic carbocycles. The van der Waals surface area contributed by atoms with Gasteiger partial charge in [0.2, 0.25) is 0 Å². The molecule has 14 heavy (non-hydrogen) atoms. The standard InChI is InChI=1S/C9H19NO3S/c1-7(2)10-8-5-3-4-6-9(8)14(11,12)13/h7-10H,3-6H2,1-2H3,(H,11,12,13)/t8-,9-/m0/s1. The minimum atomic E-state index is -3.88. The quantitative estimate of drug-likeness (QED) is 0.702. The van der Waals surface area contributed by atoms with E-state index in [9.17, 15) is 8.42 Å². The summed E-state index contributed by atoms with van der Waals surface area (Å²) in [5.41, 5.74) is 0. The molecule has 0 amide bonds. The Kier molecular flexibility index (Phi) is 3.92. The Bertz CT molecular complexity index is 274. The van der Waals surface area contributed by atoms with Crippen molar-refractivity contribution in [1.29, 1.82) is 0 Å². The van der Waals surface area contributed by atoms with Crippen LogP contribution < -0.4 is 5.32 Å². The van der Waals surface area contributed by atoms with Crippen molar-refractivity contribution >= 4 is 10.1 Å². The van der Waals surface area contributed by atoms with Crippen LogP contribution in [-0.4, -0.2) is 30.3 Å². The molecule has 0 aromatic carbocycles. The molecule has 1 rings (SSSR count). The third-order valence-corrected chi connectivity index (χ3v) is 3.96. The summed E-state index contributed by atoms with van der Waals surface area (Å²) in [7, 11) is -3.88. The molecule has 84 valence electrons. The first-order valence-corrected chi connectivity index (χ1v) is 6.64. The molecule has 0 aromatic rings. The van der Waals surface area contributed by atoms with Gasteiger partial charge in [-0.2, -0.15) is 8.42 Å². The fourth-order valence-electron chi connectivity index (χ4n) is 2.07. The van der Waals surface area contributed by atoms with Gasteiger partial charge in [-0.05, 0) is 12.8 Å². The molecule has 0 bridgehead atoms. The summed E-state index contributed by atoms with van der Waals surface area (Å²) in [6.07, 6.45) is 3.34. The van der Waals surface area contributed by atoms with Gasteiger partial charge < -0.3 is 5.32 Å². The topological polar surface area (TPSA) is 66.4 Å². The Balaban J connectivity index is 2.69. The first-order chi connectivity index (χ1) is 6.41. The van der Waals surface area contributed by atoms with Crippen molar-refractivity contribution in [2.45, 2.75) is 56.9 Å². The van der Waals surface area contributed by atoms with E-state index in [0.29, 0.717) is 6.42 Å². The molecule has 0 saturated heterocycles. The molecular weight excluding hydrogens is 202 g/mol. The van der Waals surface area contributed by atoms with Crippen LogP contribution in [0.4, 0.5) is 0 Å². The van der Waals surface area contributed by atoms with Gasteiger partial charge in [-0.3, -0.25) is 4.55 Å². The fourth-order valence-corrected chi connectivity index (χ4v) is 3.17. The van der Waals surface area contributed by atoms with Gasteiger partial charge in [-0.25, -0.2) is 0 Å². The molecule has 0 spiro atoms. The monoisotopic (exact) mass is 221 g/mol. The van der Waals surface area contributed by atoms with Gasteiger partial charge in [0.15, 0.2) is 0 Å². The van der Waals surface area contributed by atoms with Gasteiger partial charge >= 0.3 is 0 Å². The molecule has 1 fully saturated rings. The molecule has 4 nitrogen and oxygen atoms in total. The number of hydrogen-bond acceptors (Lipinski definition) is 3. The zero-order valence-electron chi connectivity index (χ0n) is 8.73. The van der Waals surface area contributed by atoms with Crippen LogP contribution in [0.1, 0.15) is 39.5 Å². The first-order valence-electron chi connectivity index (χ1n) is 5.13. The Morgan fingerprint density at radius 1 is 1.29 bits per heavy atom. The average molecular weight is 221 g/mol. The van der Waals surface area contributed by atoms with Crippen LogP contribution in [0.15, 0.2) is 0 Å². The van der Waals surface area contributed by atoms with Gasteiger partial charge in [0.1, 0.15) is 5.25 Å². The molecule has 2 atom stereocenters. The van der Waals surface area contributed by atoms with Gasteiger partial charge in [-0.1, -0.05) is 26.7 Å².